The van der Waals surface area contributed by atoms with E-state index in [4.69, 9.17) is 0 Å². The molecule has 1 aliphatic heterocycles. The first-order chi connectivity index (χ1) is 11.9. The Kier molecular flexibility index (Phi) is 4.74. The van der Waals surface area contributed by atoms with Crippen molar-refractivity contribution in [3.8, 4) is 0 Å². The summed E-state index contributed by atoms with van der Waals surface area (Å²) in [6.45, 7) is 3.51. The van der Waals surface area contributed by atoms with Gasteiger partial charge in [0.1, 0.15) is 5.76 Å². The zero-order chi connectivity index (χ0) is 18.1. The van der Waals surface area contributed by atoms with E-state index < -0.39 is 23.8 Å². The number of aliphatic hydroxyl groups is 2. The summed E-state index contributed by atoms with van der Waals surface area (Å²) in [7, 11) is 0. The fraction of sp³-hybridized carbons (Fsp3) is 0.263. The summed E-state index contributed by atoms with van der Waals surface area (Å²) in [6, 6.07) is 10.1. The van der Waals surface area contributed by atoms with Gasteiger partial charge >= 0.3 is 0 Å². The number of ketones is 1. The van der Waals surface area contributed by atoms with Crippen LogP contribution in [0.25, 0.3) is 5.76 Å². The van der Waals surface area contributed by atoms with E-state index in [0.717, 1.165) is 10.4 Å². The molecule has 0 spiro atoms. The van der Waals surface area contributed by atoms with Crippen molar-refractivity contribution < 1.29 is 19.8 Å². The van der Waals surface area contributed by atoms with Gasteiger partial charge in [-0.2, -0.15) is 0 Å². The van der Waals surface area contributed by atoms with Crippen LogP contribution in [0.3, 0.4) is 0 Å². The molecule has 6 heteroatoms. The Morgan fingerprint density at radius 1 is 1.24 bits per heavy atom. The molecule has 1 aliphatic rings. The van der Waals surface area contributed by atoms with Crippen LogP contribution in [-0.4, -0.2) is 39.5 Å². The third-order valence-corrected chi connectivity index (χ3v) is 5.06. The Labute approximate surface area is 149 Å². The molecule has 0 saturated carbocycles. The monoisotopic (exact) mass is 357 g/mol. The predicted molar refractivity (Wildman–Crippen MR) is 96.2 cm³/mol. The van der Waals surface area contributed by atoms with Crippen molar-refractivity contribution in [1.82, 2.24) is 4.90 Å². The normalized spacial score (nSPS) is 20.9. The minimum atomic E-state index is -0.778. The number of amides is 1. The van der Waals surface area contributed by atoms with Crippen molar-refractivity contribution in [2.24, 2.45) is 0 Å². The maximum atomic E-state index is 12.6. The van der Waals surface area contributed by atoms with Crippen LogP contribution in [0.2, 0.25) is 0 Å². The lowest BCUT2D eigenvalue weighted by Gasteiger charge is -2.25. The Hall–Kier alpha value is -2.44. The highest BCUT2D eigenvalue weighted by atomic mass is 32.1. The number of Topliss-reactive ketones (excluding diaryl/α,β-unsaturated/α-hetero) is 1. The van der Waals surface area contributed by atoms with Gasteiger partial charge in [-0.3, -0.25) is 9.59 Å². The molecule has 25 heavy (non-hydrogen) atoms. The second kappa shape index (κ2) is 6.82. The fourth-order valence-electron chi connectivity index (χ4n) is 2.96. The van der Waals surface area contributed by atoms with E-state index in [0.29, 0.717) is 5.56 Å². The van der Waals surface area contributed by atoms with Gasteiger partial charge in [0.2, 0.25) is 0 Å². The molecule has 1 fully saturated rings. The van der Waals surface area contributed by atoms with E-state index in [1.807, 2.05) is 36.6 Å². The van der Waals surface area contributed by atoms with Crippen LogP contribution in [0.4, 0.5) is 0 Å². The number of aliphatic hydroxyl groups excluding tert-OH is 2. The first kappa shape index (κ1) is 17.4. The molecule has 0 radical (unpaired) electrons. The molecule has 1 saturated heterocycles. The van der Waals surface area contributed by atoms with Crippen LogP contribution in [0.5, 0.6) is 0 Å². The molecule has 1 amide bonds. The molecule has 2 heterocycles. The van der Waals surface area contributed by atoms with Crippen molar-refractivity contribution in [3.05, 3.63) is 63.4 Å². The number of carbonyl (C=O) groups excluding carboxylic acids is 2. The minimum Gasteiger partial charge on any atom is -0.507 e. The lowest BCUT2D eigenvalue weighted by atomic mass is 9.99. The van der Waals surface area contributed by atoms with E-state index >= 15 is 0 Å². The molecule has 1 aromatic carbocycles. The molecule has 130 valence electrons. The van der Waals surface area contributed by atoms with Gasteiger partial charge in [-0.15, -0.1) is 11.3 Å². The Morgan fingerprint density at radius 3 is 2.48 bits per heavy atom. The second-order valence-electron chi connectivity index (χ2n) is 6.18. The summed E-state index contributed by atoms with van der Waals surface area (Å²) >= 11 is 1.40. The van der Waals surface area contributed by atoms with Gasteiger partial charge in [0.05, 0.1) is 17.7 Å². The highest BCUT2D eigenvalue weighted by molar-refractivity contribution is 7.10. The average Bonchev–Trinajstić information content (AvgIpc) is 3.17. The highest BCUT2D eigenvalue weighted by Crippen LogP contribution is 2.41. The Bertz CT molecular complexity index is 822. The quantitative estimate of drug-likeness (QED) is 0.501. The summed E-state index contributed by atoms with van der Waals surface area (Å²) in [5.41, 5.74) is 1.58. The number of likely N-dealkylation sites (tertiary alicyclic amines) is 1. The largest absolute Gasteiger partial charge is 0.507 e. The van der Waals surface area contributed by atoms with Crippen molar-refractivity contribution in [2.75, 3.05) is 6.54 Å². The first-order valence-corrected chi connectivity index (χ1v) is 8.85. The average molecular weight is 357 g/mol. The summed E-state index contributed by atoms with van der Waals surface area (Å²) in [5.74, 6) is -1.62. The number of nitrogens with zero attached hydrogens (tertiary/aromatic N) is 1. The van der Waals surface area contributed by atoms with Gasteiger partial charge in [0.25, 0.3) is 11.7 Å². The van der Waals surface area contributed by atoms with Gasteiger partial charge in [0.15, 0.2) is 0 Å². The van der Waals surface area contributed by atoms with E-state index in [1.54, 1.807) is 19.1 Å². The fourth-order valence-corrected chi connectivity index (χ4v) is 3.81. The standard InChI is InChI=1S/C19H19NO4S/c1-11-5-7-13(8-6-11)17(22)15-16(14-4-3-9-25-14)20(10-12(2)21)19(24)18(15)23/h3-9,12,16,21-22H,10H2,1-2H3/t12-,16-/m1/s1. The number of aryl methyl sites for hydroxylation is 1. The van der Waals surface area contributed by atoms with E-state index in [1.165, 1.54) is 16.2 Å². The van der Waals surface area contributed by atoms with Crippen LogP contribution in [-0.2, 0) is 9.59 Å². The lowest BCUT2D eigenvalue weighted by Crippen LogP contribution is -2.35. The number of carbonyl (C=O) groups is 2. The number of benzene rings is 1. The Morgan fingerprint density at radius 2 is 1.92 bits per heavy atom. The number of hydrogen-bond donors (Lipinski definition) is 2. The first-order valence-electron chi connectivity index (χ1n) is 7.97. The molecule has 0 bridgehead atoms. The van der Waals surface area contributed by atoms with Gasteiger partial charge in [0, 0.05) is 17.0 Å². The number of rotatable bonds is 4. The van der Waals surface area contributed by atoms with E-state index in [2.05, 4.69) is 0 Å². The molecular formula is C19H19NO4S. The predicted octanol–water partition coefficient (Wildman–Crippen LogP) is 2.86. The summed E-state index contributed by atoms with van der Waals surface area (Å²) < 4.78 is 0. The third-order valence-electron chi connectivity index (χ3n) is 4.14. The van der Waals surface area contributed by atoms with Crippen LogP contribution in [0.1, 0.15) is 29.0 Å². The molecule has 1 aromatic heterocycles. The number of hydrogen-bond acceptors (Lipinski definition) is 5. The highest BCUT2D eigenvalue weighted by Gasteiger charge is 2.46. The number of β-amino-alcohol motifs (C(OH)–C–C–N with tert-alkyl or cyclic N) is 1. The van der Waals surface area contributed by atoms with Gasteiger partial charge in [-0.05, 0) is 25.3 Å². The second-order valence-corrected chi connectivity index (χ2v) is 7.16. The molecule has 2 N–H and O–H groups in total. The molecule has 2 aromatic rings. The van der Waals surface area contributed by atoms with E-state index in [-0.39, 0.29) is 17.9 Å². The zero-order valence-corrected chi connectivity index (χ0v) is 14.8. The molecule has 5 nitrogen and oxygen atoms in total. The van der Waals surface area contributed by atoms with Crippen molar-refractivity contribution in [3.63, 3.8) is 0 Å². The number of thiophene rings is 1. The van der Waals surface area contributed by atoms with Crippen LogP contribution < -0.4 is 0 Å². The maximum Gasteiger partial charge on any atom is 0.295 e. The van der Waals surface area contributed by atoms with Gasteiger partial charge in [-0.25, -0.2) is 0 Å². The van der Waals surface area contributed by atoms with Gasteiger partial charge in [-0.1, -0.05) is 35.9 Å². The summed E-state index contributed by atoms with van der Waals surface area (Å²) in [6.07, 6.45) is -0.778. The minimum absolute atomic E-state index is 0.0256. The Balaban J connectivity index is 2.15. The topological polar surface area (TPSA) is 77.8 Å². The molecule has 0 unspecified atom stereocenters. The smallest absolute Gasteiger partial charge is 0.295 e. The van der Waals surface area contributed by atoms with Crippen molar-refractivity contribution in [1.29, 1.82) is 0 Å². The SMILES string of the molecule is Cc1ccc(C(O)=C2C(=O)C(=O)N(C[C@@H](C)O)[C@@H]2c2cccs2)cc1. The van der Waals surface area contributed by atoms with Crippen LogP contribution >= 0.6 is 11.3 Å². The summed E-state index contributed by atoms with van der Waals surface area (Å²) in [4.78, 5) is 27.2. The molecule has 0 aliphatic carbocycles. The van der Waals surface area contributed by atoms with Gasteiger partial charge < -0.3 is 15.1 Å². The maximum absolute atomic E-state index is 12.6. The van der Waals surface area contributed by atoms with Crippen LogP contribution in [0.15, 0.2) is 47.4 Å². The van der Waals surface area contributed by atoms with Crippen LogP contribution in [0, 0.1) is 6.92 Å². The van der Waals surface area contributed by atoms with E-state index in [9.17, 15) is 19.8 Å². The lowest BCUT2D eigenvalue weighted by molar-refractivity contribution is -0.140. The molecular weight excluding hydrogens is 338 g/mol. The van der Waals surface area contributed by atoms with Crippen molar-refractivity contribution in [2.45, 2.75) is 26.0 Å². The molecule has 3 rings (SSSR count). The van der Waals surface area contributed by atoms with Crippen molar-refractivity contribution >= 4 is 28.8 Å². The molecule has 2 atom stereocenters. The summed E-state index contributed by atoms with van der Waals surface area (Å²) in [5, 5.41) is 22.3. The zero-order valence-electron chi connectivity index (χ0n) is 14.0. The third kappa shape index (κ3) is 3.23.